The lowest BCUT2D eigenvalue weighted by atomic mass is 9.89. The summed E-state index contributed by atoms with van der Waals surface area (Å²) >= 11 is 0. The molecule has 1 fully saturated rings. The molecule has 1 amide bonds. The molecule has 1 aromatic carbocycles. The number of rotatable bonds is 5. The van der Waals surface area contributed by atoms with Gasteiger partial charge >= 0.3 is 0 Å². The zero-order valence-corrected chi connectivity index (χ0v) is 15.7. The topological polar surface area (TPSA) is 77.3 Å². The van der Waals surface area contributed by atoms with Crippen molar-refractivity contribution in [1.29, 1.82) is 0 Å². The number of methoxy groups -OCH3 is 1. The van der Waals surface area contributed by atoms with E-state index >= 15 is 0 Å². The van der Waals surface area contributed by atoms with Crippen molar-refractivity contribution in [1.82, 2.24) is 19.7 Å². The van der Waals surface area contributed by atoms with E-state index in [9.17, 15) is 14.0 Å². The Balaban J connectivity index is 1.72. The third kappa shape index (κ3) is 4.15. The fraction of sp³-hybridized carbons (Fsp3) is 0.474. The first-order valence-electron chi connectivity index (χ1n) is 8.92. The number of carbonyl (C=O) groups is 2. The van der Waals surface area contributed by atoms with Crippen molar-refractivity contribution in [2.75, 3.05) is 20.2 Å². The Labute approximate surface area is 157 Å². The van der Waals surface area contributed by atoms with Gasteiger partial charge in [-0.15, -0.1) is 0 Å². The van der Waals surface area contributed by atoms with Crippen molar-refractivity contribution in [2.45, 2.75) is 33.2 Å². The summed E-state index contributed by atoms with van der Waals surface area (Å²) in [6, 6.07) is 3.91. The molecule has 0 bridgehead atoms. The van der Waals surface area contributed by atoms with Crippen LogP contribution in [0.2, 0.25) is 0 Å². The van der Waals surface area contributed by atoms with Gasteiger partial charge in [-0.3, -0.25) is 9.59 Å². The molecule has 1 atom stereocenters. The van der Waals surface area contributed by atoms with E-state index in [1.807, 2.05) is 0 Å². The van der Waals surface area contributed by atoms with Gasteiger partial charge in [-0.25, -0.2) is 14.1 Å². The second-order valence-electron chi connectivity index (χ2n) is 6.75. The number of hydrogen-bond donors (Lipinski definition) is 0. The van der Waals surface area contributed by atoms with Crippen LogP contribution in [0.1, 0.15) is 34.8 Å². The largest absolute Gasteiger partial charge is 0.496 e. The highest BCUT2D eigenvalue weighted by Gasteiger charge is 2.31. The number of Topliss-reactive ketones (excluding diaryl/α,β-unsaturated/α-hetero) is 1. The number of halogens is 1. The first-order chi connectivity index (χ1) is 12.9. The maximum absolute atomic E-state index is 13.6. The van der Waals surface area contributed by atoms with Crippen LogP contribution in [-0.4, -0.2) is 51.6 Å². The summed E-state index contributed by atoms with van der Waals surface area (Å²) < 4.78 is 20.4. The van der Waals surface area contributed by atoms with Crippen molar-refractivity contribution in [3.8, 4) is 5.75 Å². The van der Waals surface area contributed by atoms with Crippen LogP contribution in [0.25, 0.3) is 0 Å². The van der Waals surface area contributed by atoms with Crippen molar-refractivity contribution in [3.05, 3.63) is 41.2 Å². The van der Waals surface area contributed by atoms with Crippen molar-refractivity contribution < 1.29 is 18.7 Å². The van der Waals surface area contributed by atoms with E-state index in [2.05, 4.69) is 10.1 Å². The van der Waals surface area contributed by atoms with Crippen LogP contribution in [0.3, 0.4) is 0 Å². The summed E-state index contributed by atoms with van der Waals surface area (Å²) in [6.45, 7) is 4.57. The molecule has 7 nitrogen and oxygen atoms in total. The van der Waals surface area contributed by atoms with Crippen LogP contribution in [0.15, 0.2) is 18.2 Å². The maximum Gasteiger partial charge on any atom is 0.244 e. The fourth-order valence-corrected chi connectivity index (χ4v) is 3.45. The van der Waals surface area contributed by atoms with Gasteiger partial charge in [-0.1, -0.05) is 0 Å². The van der Waals surface area contributed by atoms with E-state index in [1.54, 1.807) is 23.4 Å². The van der Waals surface area contributed by atoms with Crippen LogP contribution in [0.4, 0.5) is 4.39 Å². The van der Waals surface area contributed by atoms with Gasteiger partial charge in [0.2, 0.25) is 5.91 Å². The minimum Gasteiger partial charge on any atom is -0.496 e. The summed E-state index contributed by atoms with van der Waals surface area (Å²) in [5.41, 5.74) is 0.222. The quantitative estimate of drug-likeness (QED) is 0.750. The Morgan fingerprint density at radius 3 is 2.78 bits per heavy atom. The highest BCUT2D eigenvalue weighted by Crippen LogP contribution is 2.27. The maximum atomic E-state index is 13.6. The Morgan fingerprint density at radius 2 is 2.11 bits per heavy atom. The molecule has 1 saturated heterocycles. The number of hydrogen-bond acceptors (Lipinski definition) is 5. The monoisotopic (exact) mass is 374 g/mol. The Kier molecular flexibility index (Phi) is 5.53. The number of benzene rings is 1. The molecule has 2 heterocycles. The minimum absolute atomic E-state index is 0.0941. The first kappa shape index (κ1) is 19.0. The van der Waals surface area contributed by atoms with Crippen LogP contribution in [0.5, 0.6) is 5.75 Å². The third-order valence-corrected chi connectivity index (χ3v) is 4.82. The second-order valence-corrected chi connectivity index (χ2v) is 6.75. The van der Waals surface area contributed by atoms with Gasteiger partial charge in [0.05, 0.1) is 12.7 Å². The average molecular weight is 374 g/mol. The first-order valence-corrected chi connectivity index (χ1v) is 8.92. The summed E-state index contributed by atoms with van der Waals surface area (Å²) in [5.74, 6) is 0.471. The number of carbonyl (C=O) groups excluding carboxylic acids is 2. The highest BCUT2D eigenvalue weighted by atomic mass is 19.1. The van der Waals surface area contributed by atoms with E-state index in [-0.39, 0.29) is 29.7 Å². The number of aromatic nitrogens is 3. The van der Waals surface area contributed by atoms with Gasteiger partial charge < -0.3 is 9.64 Å². The molecule has 144 valence electrons. The highest BCUT2D eigenvalue weighted by molar-refractivity contribution is 6.00. The number of amides is 1. The molecule has 0 spiro atoms. The van der Waals surface area contributed by atoms with E-state index in [0.717, 1.165) is 6.42 Å². The number of ether oxygens (including phenoxy) is 1. The molecule has 1 aliphatic heterocycles. The van der Waals surface area contributed by atoms with Crippen LogP contribution in [0, 0.1) is 25.6 Å². The number of nitrogens with zero attached hydrogens (tertiary/aromatic N) is 4. The molecule has 2 aromatic rings. The van der Waals surface area contributed by atoms with E-state index in [0.29, 0.717) is 36.9 Å². The molecule has 8 heteroatoms. The minimum atomic E-state index is -0.486. The Bertz CT molecular complexity index is 865. The molecule has 0 saturated carbocycles. The smallest absolute Gasteiger partial charge is 0.244 e. The van der Waals surface area contributed by atoms with Crippen LogP contribution < -0.4 is 4.74 Å². The molecule has 1 aliphatic rings. The predicted octanol–water partition coefficient (Wildman–Crippen LogP) is 2.16. The van der Waals surface area contributed by atoms with Crippen LogP contribution in [-0.2, 0) is 11.3 Å². The Morgan fingerprint density at radius 1 is 1.33 bits per heavy atom. The SMILES string of the molecule is COc1ccc(F)cc1C(=O)C1CCCN(C(=O)Cn2nc(C)nc2C)C1. The number of likely N-dealkylation sites (tertiary alicyclic amines) is 1. The van der Waals surface area contributed by atoms with Gasteiger partial charge in [0, 0.05) is 19.0 Å². The van der Waals surface area contributed by atoms with Gasteiger partial charge in [0.25, 0.3) is 0 Å². The standard InChI is InChI=1S/C19H23FN4O3/c1-12-21-13(2)24(22-12)11-18(25)23-8-4-5-14(10-23)19(26)16-9-15(20)6-7-17(16)27-3/h6-7,9,14H,4-5,8,10-11H2,1-3H3. The molecule has 1 unspecified atom stereocenters. The third-order valence-electron chi connectivity index (χ3n) is 4.82. The summed E-state index contributed by atoms with van der Waals surface area (Å²) in [7, 11) is 1.45. The summed E-state index contributed by atoms with van der Waals surface area (Å²) in [4.78, 5) is 31.4. The van der Waals surface area contributed by atoms with Gasteiger partial charge in [-0.2, -0.15) is 5.10 Å². The molecule has 0 radical (unpaired) electrons. The number of piperidine rings is 1. The fourth-order valence-electron chi connectivity index (χ4n) is 3.45. The molecule has 27 heavy (non-hydrogen) atoms. The normalized spacial score (nSPS) is 17.0. The molecule has 3 rings (SSSR count). The molecule has 0 aliphatic carbocycles. The van der Waals surface area contributed by atoms with E-state index < -0.39 is 5.82 Å². The van der Waals surface area contributed by atoms with Crippen molar-refractivity contribution >= 4 is 11.7 Å². The lowest BCUT2D eigenvalue weighted by molar-refractivity contribution is -0.133. The molecular formula is C19H23FN4O3. The number of aryl methyl sites for hydroxylation is 2. The summed E-state index contributed by atoms with van der Waals surface area (Å²) in [5, 5.41) is 4.21. The zero-order valence-electron chi connectivity index (χ0n) is 15.7. The second kappa shape index (κ2) is 7.85. The van der Waals surface area contributed by atoms with Gasteiger partial charge in [-0.05, 0) is 44.9 Å². The lowest BCUT2D eigenvalue weighted by Crippen LogP contribution is -2.44. The Hall–Kier alpha value is -2.77. The molecular weight excluding hydrogens is 351 g/mol. The predicted molar refractivity (Wildman–Crippen MR) is 96.1 cm³/mol. The molecule has 0 N–H and O–H groups in total. The zero-order chi connectivity index (χ0) is 19.6. The summed E-state index contributed by atoms with van der Waals surface area (Å²) in [6.07, 6.45) is 1.37. The lowest BCUT2D eigenvalue weighted by Gasteiger charge is -2.32. The van der Waals surface area contributed by atoms with Crippen molar-refractivity contribution in [3.63, 3.8) is 0 Å². The van der Waals surface area contributed by atoms with Crippen LogP contribution >= 0.6 is 0 Å². The van der Waals surface area contributed by atoms with E-state index in [4.69, 9.17) is 4.74 Å². The molecule has 1 aromatic heterocycles. The van der Waals surface area contributed by atoms with Gasteiger partial charge in [0.1, 0.15) is 29.8 Å². The van der Waals surface area contributed by atoms with Crippen molar-refractivity contribution in [2.24, 2.45) is 5.92 Å². The average Bonchev–Trinajstić information content (AvgIpc) is 2.98. The van der Waals surface area contributed by atoms with Gasteiger partial charge in [0.15, 0.2) is 5.78 Å². The van der Waals surface area contributed by atoms with E-state index in [1.165, 1.54) is 25.3 Å². The number of ketones is 1.